The zero-order chi connectivity index (χ0) is 18.2. The van der Waals surface area contributed by atoms with E-state index in [9.17, 15) is 0 Å². The maximum Gasteiger partial charge on any atom is 0.191 e. The standard InChI is InChI=1S/C21H35N3O2.HI/c1-16(2)18-5-7-19(8-6-18)24-21(23-14-17-10-13-25-15-17)22-11-9-20-4-3-12-26-20;/h3-4,12,16-19H,5-11,13-15H2,1-2H3,(H2,22,23,24);1H. The molecule has 2 heterocycles. The second kappa shape index (κ2) is 11.9. The molecule has 1 saturated carbocycles. The van der Waals surface area contributed by atoms with Crippen molar-refractivity contribution in [3.05, 3.63) is 24.2 Å². The summed E-state index contributed by atoms with van der Waals surface area (Å²) in [6.45, 7) is 8.12. The van der Waals surface area contributed by atoms with Crippen molar-refractivity contribution in [3.63, 3.8) is 0 Å². The van der Waals surface area contributed by atoms with E-state index in [4.69, 9.17) is 14.1 Å². The van der Waals surface area contributed by atoms with E-state index in [0.29, 0.717) is 12.0 Å². The molecule has 1 aromatic rings. The van der Waals surface area contributed by atoms with E-state index in [1.165, 1.54) is 25.7 Å². The Morgan fingerprint density at radius 1 is 1.22 bits per heavy atom. The van der Waals surface area contributed by atoms with Gasteiger partial charge in [0.2, 0.25) is 0 Å². The molecule has 1 unspecified atom stereocenters. The van der Waals surface area contributed by atoms with Gasteiger partial charge >= 0.3 is 0 Å². The molecule has 2 aliphatic rings. The third-order valence-corrected chi connectivity index (χ3v) is 5.83. The van der Waals surface area contributed by atoms with Crippen molar-refractivity contribution >= 4 is 29.9 Å². The van der Waals surface area contributed by atoms with Gasteiger partial charge in [-0.2, -0.15) is 0 Å². The van der Waals surface area contributed by atoms with Crippen LogP contribution in [0.15, 0.2) is 27.8 Å². The zero-order valence-electron chi connectivity index (χ0n) is 16.8. The quantitative estimate of drug-likeness (QED) is 0.342. The normalized spacial score (nSPS) is 26.0. The molecule has 1 aliphatic carbocycles. The third kappa shape index (κ3) is 7.64. The monoisotopic (exact) mass is 489 g/mol. The molecular formula is C21H36IN3O2. The Morgan fingerprint density at radius 2 is 2.04 bits per heavy atom. The number of hydrogen-bond acceptors (Lipinski definition) is 3. The topological polar surface area (TPSA) is 58.8 Å². The Kier molecular flexibility index (Phi) is 9.96. The number of aliphatic imine (C=N–C) groups is 1. The molecule has 1 saturated heterocycles. The van der Waals surface area contributed by atoms with Crippen LogP contribution >= 0.6 is 24.0 Å². The van der Waals surface area contributed by atoms with E-state index < -0.39 is 0 Å². The molecule has 3 rings (SSSR count). The number of ether oxygens (including phenoxy) is 1. The van der Waals surface area contributed by atoms with Gasteiger partial charge in [-0.1, -0.05) is 13.8 Å². The largest absolute Gasteiger partial charge is 0.469 e. The van der Waals surface area contributed by atoms with Gasteiger partial charge in [0.1, 0.15) is 5.76 Å². The van der Waals surface area contributed by atoms with Crippen LogP contribution in [0.5, 0.6) is 0 Å². The minimum Gasteiger partial charge on any atom is -0.469 e. The van der Waals surface area contributed by atoms with Crippen LogP contribution in [0.2, 0.25) is 0 Å². The molecule has 27 heavy (non-hydrogen) atoms. The molecule has 2 N–H and O–H groups in total. The van der Waals surface area contributed by atoms with Gasteiger partial charge < -0.3 is 19.8 Å². The number of guanidine groups is 1. The first kappa shape index (κ1) is 22.5. The summed E-state index contributed by atoms with van der Waals surface area (Å²) in [5, 5.41) is 7.19. The van der Waals surface area contributed by atoms with Crippen LogP contribution in [0.25, 0.3) is 0 Å². The van der Waals surface area contributed by atoms with E-state index in [1.54, 1.807) is 6.26 Å². The van der Waals surface area contributed by atoms with E-state index >= 15 is 0 Å². The molecule has 5 nitrogen and oxygen atoms in total. The minimum atomic E-state index is 0. The van der Waals surface area contributed by atoms with Gasteiger partial charge in [0, 0.05) is 38.1 Å². The van der Waals surface area contributed by atoms with Crippen LogP contribution in [0.4, 0.5) is 0 Å². The summed E-state index contributed by atoms with van der Waals surface area (Å²) in [4.78, 5) is 4.86. The van der Waals surface area contributed by atoms with Crippen LogP contribution in [-0.2, 0) is 11.2 Å². The zero-order valence-corrected chi connectivity index (χ0v) is 19.1. The number of furan rings is 1. The predicted molar refractivity (Wildman–Crippen MR) is 121 cm³/mol. The van der Waals surface area contributed by atoms with Crippen molar-refractivity contribution in [1.29, 1.82) is 0 Å². The van der Waals surface area contributed by atoms with Crippen molar-refractivity contribution in [1.82, 2.24) is 10.6 Å². The van der Waals surface area contributed by atoms with Gasteiger partial charge in [0.25, 0.3) is 0 Å². The first-order chi connectivity index (χ1) is 12.7. The first-order valence-electron chi connectivity index (χ1n) is 10.4. The van der Waals surface area contributed by atoms with Gasteiger partial charge in [-0.15, -0.1) is 24.0 Å². The van der Waals surface area contributed by atoms with Crippen LogP contribution < -0.4 is 10.6 Å². The van der Waals surface area contributed by atoms with Crippen LogP contribution in [0.1, 0.15) is 51.7 Å². The van der Waals surface area contributed by atoms with Crippen molar-refractivity contribution in [2.75, 3.05) is 26.3 Å². The lowest BCUT2D eigenvalue weighted by atomic mass is 9.80. The second-order valence-corrected chi connectivity index (χ2v) is 8.18. The van der Waals surface area contributed by atoms with Crippen molar-refractivity contribution in [2.24, 2.45) is 22.7 Å². The van der Waals surface area contributed by atoms with E-state index in [1.807, 2.05) is 12.1 Å². The number of halogens is 1. The summed E-state index contributed by atoms with van der Waals surface area (Å²) in [7, 11) is 0. The predicted octanol–water partition coefficient (Wildman–Crippen LogP) is 4.23. The van der Waals surface area contributed by atoms with Gasteiger partial charge in [0.05, 0.1) is 12.9 Å². The van der Waals surface area contributed by atoms with Gasteiger partial charge in [-0.25, -0.2) is 0 Å². The maximum absolute atomic E-state index is 5.48. The van der Waals surface area contributed by atoms with Crippen LogP contribution in [0.3, 0.4) is 0 Å². The highest BCUT2D eigenvalue weighted by atomic mass is 127. The number of nitrogens with zero attached hydrogens (tertiary/aromatic N) is 1. The van der Waals surface area contributed by atoms with Gasteiger partial charge in [-0.3, -0.25) is 4.99 Å². The summed E-state index contributed by atoms with van der Waals surface area (Å²) >= 11 is 0. The molecular weight excluding hydrogens is 453 g/mol. The molecule has 0 spiro atoms. The lowest BCUT2D eigenvalue weighted by Gasteiger charge is -2.32. The Bertz CT molecular complexity index is 534. The fraction of sp³-hybridized carbons (Fsp3) is 0.762. The van der Waals surface area contributed by atoms with Crippen molar-refractivity contribution in [3.8, 4) is 0 Å². The summed E-state index contributed by atoms with van der Waals surface area (Å²) in [6.07, 6.45) is 8.87. The smallest absolute Gasteiger partial charge is 0.191 e. The molecule has 0 aromatic carbocycles. The van der Waals surface area contributed by atoms with Crippen molar-refractivity contribution in [2.45, 2.75) is 58.4 Å². The molecule has 1 atom stereocenters. The minimum absolute atomic E-state index is 0. The van der Waals surface area contributed by atoms with E-state index in [2.05, 4.69) is 24.5 Å². The second-order valence-electron chi connectivity index (χ2n) is 8.18. The summed E-state index contributed by atoms with van der Waals surface area (Å²) in [5.74, 6) is 4.22. The molecule has 0 bridgehead atoms. The number of nitrogens with one attached hydrogen (secondary N) is 2. The number of hydrogen-bond donors (Lipinski definition) is 2. The Hall–Kier alpha value is -0.760. The molecule has 0 amide bonds. The number of rotatable bonds is 7. The fourth-order valence-electron chi connectivity index (χ4n) is 3.98. The molecule has 1 aliphatic heterocycles. The van der Waals surface area contributed by atoms with Gasteiger partial charge in [-0.05, 0) is 56.1 Å². The fourth-order valence-corrected chi connectivity index (χ4v) is 3.98. The molecule has 1 aromatic heterocycles. The molecule has 6 heteroatoms. The Labute approximate surface area is 181 Å². The highest BCUT2D eigenvalue weighted by molar-refractivity contribution is 14.0. The highest BCUT2D eigenvalue weighted by Crippen LogP contribution is 2.29. The average Bonchev–Trinajstić information content (AvgIpc) is 3.34. The molecule has 154 valence electrons. The third-order valence-electron chi connectivity index (χ3n) is 5.83. The Morgan fingerprint density at radius 3 is 2.67 bits per heavy atom. The van der Waals surface area contributed by atoms with E-state index in [0.717, 1.165) is 62.7 Å². The highest BCUT2D eigenvalue weighted by Gasteiger charge is 2.24. The first-order valence-corrected chi connectivity index (χ1v) is 10.4. The summed E-state index contributed by atoms with van der Waals surface area (Å²) in [5.41, 5.74) is 0. The lowest BCUT2D eigenvalue weighted by Crippen LogP contribution is -2.46. The average molecular weight is 489 g/mol. The molecule has 0 radical (unpaired) electrons. The SMILES string of the molecule is CC(C)C1CCC(NC(=NCC2CCOC2)NCCc2ccco2)CC1.I. The molecule has 2 fully saturated rings. The van der Waals surface area contributed by atoms with Crippen LogP contribution in [-0.4, -0.2) is 38.3 Å². The van der Waals surface area contributed by atoms with Crippen LogP contribution in [0, 0.1) is 17.8 Å². The van der Waals surface area contributed by atoms with Gasteiger partial charge in [0.15, 0.2) is 5.96 Å². The summed E-state index contributed by atoms with van der Waals surface area (Å²) < 4.78 is 10.9. The Balaban J connectivity index is 0.00000261. The lowest BCUT2D eigenvalue weighted by molar-refractivity contribution is 0.187. The van der Waals surface area contributed by atoms with Crippen molar-refractivity contribution < 1.29 is 9.15 Å². The van der Waals surface area contributed by atoms with E-state index in [-0.39, 0.29) is 24.0 Å². The summed E-state index contributed by atoms with van der Waals surface area (Å²) in [6, 6.07) is 4.50. The maximum atomic E-state index is 5.48.